The van der Waals surface area contributed by atoms with E-state index in [0.29, 0.717) is 72.0 Å². The molecular formula is C38H52N6O8S. The van der Waals surface area contributed by atoms with Gasteiger partial charge in [0.1, 0.15) is 11.4 Å². The lowest BCUT2D eigenvalue weighted by atomic mass is 9.97. The molecule has 1 N–H and O–H groups in total. The van der Waals surface area contributed by atoms with Gasteiger partial charge in [0.15, 0.2) is 11.5 Å². The van der Waals surface area contributed by atoms with Crippen LogP contribution in [0.2, 0.25) is 0 Å². The summed E-state index contributed by atoms with van der Waals surface area (Å²) < 4.78 is 48.3. The number of methoxy groups -OCH3 is 3. The predicted molar refractivity (Wildman–Crippen MR) is 203 cm³/mol. The maximum absolute atomic E-state index is 14.1. The molecule has 3 aromatic rings. The van der Waals surface area contributed by atoms with Crippen LogP contribution in [-0.2, 0) is 28.4 Å². The number of aromatic nitrogens is 2. The number of pyridine rings is 2. The zero-order valence-electron chi connectivity index (χ0n) is 31.7. The van der Waals surface area contributed by atoms with Gasteiger partial charge in [0, 0.05) is 69.0 Å². The molecule has 0 radical (unpaired) electrons. The van der Waals surface area contributed by atoms with Crippen LogP contribution in [0, 0.1) is 25.7 Å². The first kappa shape index (κ1) is 38.4. The number of sulfonamides is 1. The monoisotopic (exact) mass is 752 g/mol. The van der Waals surface area contributed by atoms with E-state index in [4.69, 9.17) is 19.2 Å². The standard InChI is InChI=1S/C38H52N6O8S/c1-24-16-25(2)41(3)37(46)33(24)38(47)43-13-7-8-15-44(53(48,49)23-26-11-12-26)21-28-17-29-30(18-31(50-4)35(52-6)34(29)51-5)40-36(28)42-14-9-10-27(20-42)19-39-32(45)22-43/h16-18,26-27H,7-15,19-23H2,1-6H3,(H,39,45). The summed E-state index contributed by atoms with van der Waals surface area (Å²) in [6, 6.07) is 5.55. The molecule has 2 fully saturated rings. The highest BCUT2D eigenvalue weighted by molar-refractivity contribution is 7.89. The van der Waals surface area contributed by atoms with Gasteiger partial charge in [-0.1, -0.05) is 0 Å². The molecule has 15 heteroatoms. The third-order valence-corrected chi connectivity index (χ3v) is 12.7. The highest BCUT2D eigenvalue weighted by Gasteiger charge is 2.34. The summed E-state index contributed by atoms with van der Waals surface area (Å²) in [5.41, 5.74) is 2.27. The molecular weight excluding hydrogens is 701 g/mol. The molecule has 53 heavy (non-hydrogen) atoms. The fourth-order valence-electron chi connectivity index (χ4n) is 7.56. The molecule has 1 saturated carbocycles. The van der Waals surface area contributed by atoms with Crippen molar-refractivity contribution < 1.29 is 32.2 Å². The highest BCUT2D eigenvalue weighted by Crippen LogP contribution is 2.44. The van der Waals surface area contributed by atoms with E-state index in [1.54, 1.807) is 58.7 Å². The van der Waals surface area contributed by atoms with Gasteiger partial charge >= 0.3 is 0 Å². The van der Waals surface area contributed by atoms with E-state index in [1.807, 2.05) is 6.07 Å². The first-order valence-electron chi connectivity index (χ1n) is 18.4. The van der Waals surface area contributed by atoms with Crippen LogP contribution >= 0.6 is 0 Å². The second-order valence-electron chi connectivity index (χ2n) is 14.6. The van der Waals surface area contributed by atoms with Gasteiger partial charge in [0.05, 0.1) is 39.1 Å². The third kappa shape index (κ3) is 8.25. The number of ether oxygens (including phenoxy) is 3. The molecule has 1 unspecified atom stereocenters. The summed E-state index contributed by atoms with van der Waals surface area (Å²) in [6.45, 7) is 5.51. The van der Waals surface area contributed by atoms with Gasteiger partial charge in [0.25, 0.3) is 11.5 Å². The van der Waals surface area contributed by atoms with E-state index in [0.717, 1.165) is 36.9 Å². The smallest absolute Gasteiger partial charge is 0.263 e. The summed E-state index contributed by atoms with van der Waals surface area (Å²) in [5.74, 6) is 1.50. The molecule has 2 amide bonds. The van der Waals surface area contributed by atoms with Crippen molar-refractivity contribution in [1.29, 1.82) is 0 Å². The fraction of sp³-hybridized carbons (Fsp3) is 0.579. The first-order chi connectivity index (χ1) is 25.3. The maximum atomic E-state index is 14.1. The average Bonchev–Trinajstić information content (AvgIpc) is 3.95. The number of hydrogen-bond donors (Lipinski definition) is 1. The van der Waals surface area contributed by atoms with Crippen molar-refractivity contribution in [1.82, 2.24) is 24.1 Å². The molecule has 288 valence electrons. The van der Waals surface area contributed by atoms with Gasteiger partial charge in [0.2, 0.25) is 21.7 Å². The number of carbonyl (C=O) groups is 2. The number of amides is 2. The number of piperidine rings is 1. The zero-order chi connectivity index (χ0) is 38.0. The number of hydrogen-bond acceptors (Lipinski definition) is 10. The van der Waals surface area contributed by atoms with Crippen molar-refractivity contribution in [3.63, 3.8) is 0 Å². The van der Waals surface area contributed by atoms with E-state index < -0.39 is 21.5 Å². The minimum absolute atomic E-state index is 0.0397. The molecule has 1 saturated heterocycles. The highest BCUT2D eigenvalue weighted by atomic mass is 32.2. The Bertz CT molecular complexity index is 2050. The summed E-state index contributed by atoms with van der Waals surface area (Å²) >= 11 is 0. The van der Waals surface area contributed by atoms with E-state index in [2.05, 4.69) is 10.2 Å². The Labute approximate surface area is 311 Å². The number of rotatable bonds is 7. The minimum Gasteiger partial charge on any atom is -0.493 e. The van der Waals surface area contributed by atoms with E-state index in [9.17, 15) is 22.8 Å². The van der Waals surface area contributed by atoms with Crippen LogP contribution in [0.1, 0.15) is 65.7 Å². The van der Waals surface area contributed by atoms with Crippen LogP contribution in [0.5, 0.6) is 17.2 Å². The Morgan fingerprint density at radius 3 is 2.36 bits per heavy atom. The SMILES string of the molecule is COc1cc2nc3c(cc2c(OC)c1OC)CN(S(=O)(=O)CC1CC1)CCCCN(C(=O)c1c(C)cc(C)n(C)c1=O)CC(=O)NCC1CCCN3C1. The Hall–Kier alpha value is -4.37. The molecule has 14 nitrogen and oxygen atoms in total. The molecule has 0 spiro atoms. The van der Waals surface area contributed by atoms with Crippen LogP contribution in [0.3, 0.4) is 0 Å². The van der Waals surface area contributed by atoms with Gasteiger partial charge in [-0.15, -0.1) is 0 Å². The number of fused-ring (bicyclic) bond motifs is 5. The summed E-state index contributed by atoms with van der Waals surface area (Å²) in [5, 5.41) is 3.73. The van der Waals surface area contributed by atoms with Crippen molar-refractivity contribution in [2.45, 2.75) is 58.9 Å². The molecule has 6 rings (SSSR count). The van der Waals surface area contributed by atoms with Crippen molar-refractivity contribution >= 4 is 38.6 Å². The molecule has 4 heterocycles. The second kappa shape index (κ2) is 15.9. The molecule has 1 atom stereocenters. The number of anilines is 1. The number of carbonyl (C=O) groups excluding carboxylic acids is 2. The molecule has 1 aromatic carbocycles. The summed E-state index contributed by atoms with van der Waals surface area (Å²) in [4.78, 5) is 49.5. The molecule has 2 bridgehead atoms. The van der Waals surface area contributed by atoms with Gasteiger partial charge in [-0.05, 0) is 81.9 Å². The van der Waals surface area contributed by atoms with Gasteiger partial charge in [-0.2, -0.15) is 4.31 Å². The topological polar surface area (TPSA) is 153 Å². The van der Waals surface area contributed by atoms with Gasteiger partial charge < -0.3 is 33.9 Å². The number of aryl methyl sites for hydroxylation is 2. The lowest BCUT2D eigenvalue weighted by molar-refractivity contribution is -0.122. The first-order valence-corrected chi connectivity index (χ1v) is 20.0. The maximum Gasteiger partial charge on any atom is 0.263 e. The molecule has 2 aliphatic heterocycles. The van der Waals surface area contributed by atoms with E-state index in [-0.39, 0.29) is 55.2 Å². The Morgan fingerprint density at radius 2 is 1.66 bits per heavy atom. The summed E-state index contributed by atoms with van der Waals surface area (Å²) in [6.07, 6.45) is 4.35. The van der Waals surface area contributed by atoms with Crippen molar-refractivity contribution in [2.24, 2.45) is 18.9 Å². The Morgan fingerprint density at radius 1 is 0.925 bits per heavy atom. The third-order valence-electron chi connectivity index (χ3n) is 10.8. The van der Waals surface area contributed by atoms with Crippen LogP contribution in [-0.4, -0.2) is 105 Å². The quantitative estimate of drug-likeness (QED) is 0.380. The van der Waals surface area contributed by atoms with E-state index in [1.165, 1.54) is 9.47 Å². The Balaban J connectivity index is 1.40. The van der Waals surface area contributed by atoms with Crippen LogP contribution in [0.15, 0.2) is 23.0 Å². The number of benzene rings is 1. The molecule has 3 aliphatic rings. The van der Waals surface area contributed by atoms with Crippen LogP contribution < -0.4 is 30.0 Å². The van der Waals surface area contributed by atoms with Crippen molar-refractivity contribution in [3.05, 3.63) is 50.9 Å². The van der Waals surface area contributed by atoms with Crippen LogP contribution in [0.25, 0.3) is 10.9 Å². The van der Waals surface area contributed by atoms with E-state index >= 15 is 0 Å². The lowest BCUT2D eigenvalue weighted by Gasteiger charge is -2.36. The van der Waals surface area contributed by atoms with Crippen molar-refractivity contribution in [2.75, 3.05) is 71.3 Å². The van der Waals surface area contributed by atoms with Crippen LogP contribution in [0.4, 0.5) is 5.82 Å². The molecule has 1 aliphatic carbocycles. The minimum atomic E-state index is -3.67. The lowest BCUT2D eigenvalue weighted by Crippen LogP contribution is -2.46. The number of nitrogens with zero attached hydrogens (tertiary/aromatic N) is 5. The largest absolute Gasteiger partial charge is 0.493 e. The average molecular weight is 753 g/mol. The van der Waals surface area contributed by atoms with Gasteiger partial charge in [-0.25, -0.2) is 13.4 Å². The predicted octanol–water partition coefficient (Wildman–Crippen LogP) is 3.39. The zero-order valence-corrected chi connectivity index (χ0v) is 32.5. The second-order valence-corrected chi connectivity index (χ2v) is 16.7. The Kier molecular flexibility index (Phi) is 11.5. The summed E-state index contributed by atoms with van der Waals surface area (Å²) in [7, 11) is 2.60. The van der Waals surface area contributed by atoms with Gasteiger partial charge in [-0.3, -0.25) is 14.4 Å². The molecule has 2 aromatic heterocycles. The van der Waals surface area contributed by atoms with Crippen molar-refractivity contribution in [3.8, 4) is 17.2 Å². The fourth-order valence-corrected chi connectivity index (χ4v) is 9.44. The number of nitrogens with one attached hydrogen (secondary N) is 1. The normalized spacial score (nSPS) is 19.4.